The zero-order valence-electron chi connectivity index (χ0n) is 13.3. The third kappa shape index (κ3) is 3.47. The number of aliphatic hydroxyl groups excluding tert-OH is 1. The predicted octanol–water partition coefficient (Wildman–Crippen LogP) is 3.06. The van der Waals surface area contributed by atoms with E-state index in [1.54, 1.807) is 4.90 Å². The molecule has 124 valence electrons. The Hall–Kier alpha value is -1.68. The van der Waals surface area contributed by atoms with Gasteiger partial charge >= 0.3 is 0 Å². The Balaban J connectivity index is 1.90. The highest BCUT2D eigenvalue weighted by atomic mass is 19.3. The highest BCUT2D eigenvalue weighted by Gasteiger charge is 2.34. The van der Waals surface area contributed by atoms with Gasteiger partial charge in [-0.15, -0.1) is 5.73 Å². The van der Waals surface area contributed by atoms with Crippen molar-refractivity contribution in [2.24, 2.45) is 0 Å². The van der Waals surface area contributed by atoms with Crippen LogP contribution in [-0.2, 0) is 19.4 Å². The Labute approximate surface area is 135 Å². The van der Waals surface area contributed by atoms with E-state index in [-0.39, 0.29) is 6.04 Å². The molecule has 2 N–H and O–H groups in total. The monoisotopic (exact) mass is 320 g/mol. The van der Waals surface area contributed by atoms with Gasteiger partial charge in [0.05, 0.1) is 6.54 Å². The molecule has 1 atom stereocenters. The summed E-state index contributed by atoms with van der Waals surface area (Å²) in [6.45, 7) is 0.921. The molecule has 0 fully saturated rings. The molecule has 2 heterocycles. The first-order valence-corrected chi connectivity index (χ1v) is 8.03. The maximum absolute atomic E-state index is 13.6. The number of halogens is 2. The van der Waals surface area contributed by atoms with Crippen molar-refractivity contribution in [3.8, 4) is 0 Å². The van der Waals surface area contributed by atoms with Crippen molar-refractivity contribution in [3.63, 3.8) is 0 Å². The summed E-state index contributed by atoms with van der Waals surface area (Å²) in [6, 6.07) is 0.0587. The molecule has 5 heteroatoms. The minimum atomic E-state index is -3.06. The maximum Gasteiger partial charge on any atom is 0.283 e. The second-order valence-corrected chi connectivity index (χ2v) is 6.38. The van der Waals surface area contributed by atoms with Gasteiger partial charge in [-0.05, 0) is 49.1 Å². The molecular weight excluding hydrogens is 298 g/mol. The first-order chi connectivity index (χ1) is 11.0. The van der Waals surface area contributed by atoms with Gasteiger partial charge in [-0.1, -0.05) is 6.08 Å². The van der Waals surface area contributed by atoms with Crippen LogP contribution >= 0.6 is 0 Å². The number of alkyl halides is 2. The number of rotatable bonds is 3. The Morgan fingerprint density at radius 1 is 1.43 bits per heavy atom. The number of H-pyrrole nitrogens is 1. The van der Waals surface area contributed by atoms with Crippen molar-refractivity contribution in [2.75, 3.05) is 13.2 Å². The second kappa shape index (κ2) is 6.44. The topological polar surface area (TPSA) is 39.3 Å². The first kappa shape index (κ1) is 16.2. The molecule has 0 amide bonds. The van der Waals surface area contributed by atoms with Gasteiger partial charge in [0.15, 0.2) is 0 Å². The number of hydrogen-bond donors (Lipinski definition) is 2. The molecule has 0 radical (unpaired) electrons. The quantitative estimate of drug-likeness (QED) is 0.840. The van der Waals surface area contributed by atoms with Crippen LogP contribution in [0.15, 0.2) is 24.0 Å². The van der Waals surface area contributed by atoms with E-state index in [1.165, 1.54) is 11.1 Å². The first-order valence-electron chi connectivity index (χ1n) is 8.03. The summed E-state index contributed by atoms with van der Waals surface area (Å²) in [7, 11) is 0. The average Bonchev–Trinajstić information content (AvgIpc) is 2.71. The number of allylic oxidation sites excluding steroid dienone is 2. The lowest BCUT2D eigenvalue weighted by Gasteiger charge is -2.30. The second-order valence-electron chi connectivity index (χ2n) is 6.38. The zero-order valence-corrected chi connectivity index (χ0v) is 13.3. The van der Waals surface area contributed by atoms with Gasteiger partial charge in [0.2, 0.25) is 0 Å². The van der Waals surface area contributed by atoms with Gasteiger partial charge in [-0.3, -0.25) is 4.90 Å². The minimum absolute atomic E-state index is 0.0587. The highest BCUT2D eigenvalue weighted by Crippen LogP contribution is 2.30. The smallest absolute Gasteiger partial charge is 0.283 e. The van der Waals surface area contributed by atoms with Crippen molar-refractivity contribution in [1.29, 1.82) is 0 Å². The molecule has 1 aliphatic heterocycles. The summed E-state index contributed by atoms with van der Waals surface area (Å²) in [4.78, 5) is 5.18. The molecule has 3 nitrogen and oxygen atoms in total. The van der Waals surface area contributed by atoms with E-state index in [2.05, 4.69) is 10.7 Å². The van der Waals surface area contributed by atoms with E-state index in [9.17, 15) is 8.78 Å². The van der Waals surface area contributed by atoms with E-state index in [1.807, 2.05) is 31.2 Å². The molecule has 2 aliphatic rings. The third-order valence-electron chi connectivity index (χ3n) is 4.68. The number of hydrogen-bond acceptors (Lipinski definition) is 2. The summed E-state index contributed by atoms with van der Waals surface area (Å²) < 4.78 is 27.2. The largest absolute Gasteiger partial charge is 0.390 e. The normalized spacial score (nSPS) is 22.9. The van der Waals surface area contributed by atoms with E-state index in [4.69, 9.17) is 5.11 Å². The summed E-state index contributed by atoms with van der Waals surface area (Å²) >= 11 is 0. The Morgan fingerprint density at radius 3 is 3.04 bits per heavy atom. The van der Waals surface area contributed by atoms with E-state index >= 15 is 0 Å². The van der Waals surface area contributed by atoms with E-state index in [0.29, 0.717) is 6.54 Å². The molecule has 1 unspecified atom stereocenters. The molecule has 1 aromatic heterocycles. The number of aromatic amines is 1. The molecular formula is C18H22F2N2O. The van der Waals surface area contributed by atoms with Gasteiger partial charge in [0.25, 0.3) is 5.92 Å². The Bertz CT molecular complexity index is 669. The summed E-state index contributed by atoms with van der Waals surface area (Å²) in [5, 5.41) is 8.86. The van der Waals surface area contributed by atoms with Crippen LogP contribution < -0.4 is 0 Å². The Kier molecular flexibility index (Phi) is 4.53. The van der Waals surface area contributed by atoms with Crippen LogP contribution in [0.25, 0.3) is 6.08 Å². The SMILES string of the molecule is CC1CCc2c([nH]c3c2CC=C=C/C=C\3)CN1CC(F)(F)CO. The molecule has 0 saturated carbocycles. The fourth-order valence-corrected chi connectivity index (χ4v) is 3.35. The van der Waals surface area contributed by atoms with Gasteiger partial charge in [-0.25, -0.2) is 8.78 Å². The zero-order chi connectivity index (χ0) is 16.4. The molecule has 0 bridgehead atoms. The minimum Gasteiger partial charge on any atom is -0.390 e. The van der Waals surface area contributed by atoms with Crippen molar-refractivity contribution in [1.82, 2.24) is 9.88 Å². The van der Waals surface area contributed by atoms with Crippen molar-refractivity contribution >= 4 is 6.08 Å². The van der Waals surface area contributed by atoms with Gasteiger partial charge in [-0.2, -0.15) is 0 Å². The van der Waals surface area contributed by atoms with Crippen LogP contribution in [0.2, 0.25) is 0 Å². The van der Waals surface area contributed by atoms with Crippen molar-refractivity contribution in [3.05, 3.63) is 46.5 Å². The molecule has 3 rings (SSSR count). The average molecular weight is 320 g/mol. The van der Waals surface area contributed by atoms with Crippen LogP contribution in [0.4, 0.5) is 8.78 Å². The maximum atomic E-state index is 13.6. The van der Waals surface area contributed by atoms with E-state index < -0.39 is 19.1 Å². The number of aliphatic hydroxyl groups is 1. The fraction of sp³-hybridized carbons (Fsp3) is 0.500. The summed E-state index contributed by atoms with van der Waals surface area (Å²) in [5.41, 5.74) is 7.70. The number of nitrogens with zero attached hydrogens (tertiary/aromatic N) is 1. The number of aromatic nitrogens is 1. The lowest BCUT2D eigenvalue weighted by Crippen LogP contribution is -2.43. The highest BCUT2D eigenvalue weighted by molar-refractivity contribution is 5.57. The molecule has 0 spiro atoms. The van der Waals surface area contributed by atoms with E-state index in [0.717, 1.165) is 30.7 Å². The molecule has 0 saturated heterocycles. The molecule has 23 heavy (non-hydrogen) atoms. The lowest BCUT2D eigenvalue weighted by atomic mass is 9.99. The van der Waals surface area contributed by atoms with Crippen LogP contribution in [0.1, 0.15) is 35.9 Å². The lowest BCUT2D eigenvalue weighted by molar-refractivity contribution is -0.0806. The molecule has 0 aromatic carbocycles. The summed E-state index contributed by atoms with van der Waals surface area (Å²) in [6.07, 6.45) is 10.3. The molecule has 1 aliphatic carbocycles. The van der Waals surface area contributed by atoms with Crippen LogP contribution in [0, 0.1) is 0 Å². The van der Waals surface area contributed by atoms with Crippen LogP contribution in [0.3, 0.4) is 0 Å². The van der Waals surface area contributed by atoms with Gasteiger partial charge in [0.1, 0.15) is 6.61 Å². The summed E-state index contributed by atoms with van der Waals surface area (Å²) in [5.74, 6) is -3.06. The van der Waals surface area contributed by atoms with Gasteiger partial charge in [0, 0.05) is 30.4 Å². The Morgan fingerprint density at radius 2 is 2.26 bits per heavy atom. The predicted molar refractivity (Wildman–Crippen MR) is 86.4 cm³/mol. The number of fused-ring (bicyclic) bond motifs is 3. The fourth-order valence-electron chi connectivity index (χ4n) is 3.35. The van der Waals surface area contributed by atoms with Crippen LogP contribution in [0.5, 0.6) is 0 Å². The third-order valence-corrected chi connectivity index (χ3v) is 4.68. The van der Waals surface area contributed by atoms with Crippen LogP contribution in [-0.4, -0.2) is 40.1 Å². The number of nitrogens with one attached hydrogen (secondary N) is 1. The van der Waals surface area contributed by atoms with Crippen molar-refractivity contribution < 1.29 is 13.9 Å². The van der Waals surface area contributed by atoms with Gasteiger partial charge < -0.3 is 10.1 Å². The molecule has 1 aromatic rings. The standard InChI is InChI=1S/C18H22F2N2O/c1-13-8-9-15-14-6-4-2-3-5-7-16(14)21-17(15)10-22(13)11-18(19,20)12-23/h3-5,7,13,21,23H,6,8-12H2,1H3/b7-5-. The van der Waals surface area contributed by atoms with Crippen molar-refractivity contribution in [2.45, 2.75) is 44.7 Å².